The standard InChI is InChI=1S/C20H29N5O2S2/c1-16-8-9-18(28-16)15-23-20(21-2)22-14-17-6-4-5-7-19(17)29(26,27)25-12-10-24(3)11-13-25/h4-9H,10-15H2,1-3H3,(H2,21,22,23). The Kier molecular flexibility index (Phi) is 7.28. The van der Waals surface area contributed by atoms with E-state index in [1.807, 2.05) is 19.2 Å². The number of piperazine rings is 1. The molecule has 1 aliphatic heterocycles. The lowest BCUT2D eigenvalue weighted by Crippen LogP contribution is -2.47. The first-order chi connectivity index (χ1) is 13.9. The predicted octanol–water partition coefficient (Wildman–Crippen LogP) is 1.86. The first-order valence-electron chi connectivity index (χ1n) is 9.66. The molecule has 0 aliphatic carbocycles. The lowest BCUT2D eigenvalue weighted by Gasteiger charge is -2.32. The fourth-order valence-corrected chi connectivity index (χ4v) is 5.69. The van der Waals surface area contributed by atoms with Crippen molar-refractivity contribution in [1.29, 1.82) is 0 Å². The number of aryl methyl sites for hydroxylation is 1. The lowest BCUT2D eigenvalue weighted by molar-refractivity contribution is 0.222. The van der Waals surface area contributed by atoms with Gasteiger partial charge in [0.25, 0.3) is 0 Å². The molecule has 0 bridgehead atoms. The van der Waals surface area contributed by atoms with Crippen LogP contribution in [0.2, 0.25) is 0 Å². The van der Waals surface area contributed by atoms with E-state index in [0.717, 1.165) is 18.7 Å². The molecule has 0 radical (unpaired) electrons. The highest BCUT2D eigenvalue weighted by atomic mass is 32.2. The van der Waals surface area contributed by atoms with Gasteiger partial charge in [0.1, 0.15) is 0 Å². The molecule has 1 saturated heterocycles. The Balaban J connectivity index is 1.66. The average molecular weight is 436 g/mol. The van der Waals surface area contributed by atoms with Gasteiger partial charge in [0, 0.05) is 49.5 Å². The number of benzene rings is 1. The number of hydrogen-bond acceptors (Lipinski definition) is 5. The molecule has 7 nitrogen and oxygen atoms in total. The van der Waals surface area contributed by atoms with Crippen LogP contribution in [0.3, 0.4) is 0 Å². The molecule has 0 amide bonds. The first-order valence-corrected chi connectivity index (χ1v) is 11.9. The molecule has 1 aromatic heterocycles. The summed E-state index contributed by atoms with van der Waals surface area (Å²) >= 11 is 1.74. The molecule has 0 spiro atoms. The van der Waals surface area contributed by atoms with E-state index in [1.54, 1.807) is 34.8 Å². The van der Waals surface area contributed by atoms with Gasteiger partial charge in [-0.3, -0.25) is 4.99 Å². The van der Waals surface area contributed by atoms with Crippen LogP contribution in [-0.4, -0.2) is 63.9 Å². The van der Waals surface area contributed by atoms with Crippen molar-refractivity contribution in [3.8, 4) is 0 Å². The lowest BCUT2D eigenvalue weighted by atomic mass is 10.2. The molecule has 0 unspecified atom stereocenters. The number of sulfonamides is 1. The topological polar surface area (TPSA) is 77.0 Å². The Morgan fingerprint density at radius 1 is 1.07 bits per heavy atom. The largest absolute Gasteiger partial charge is 0.352 e. The van der Waals surface area contributed by atoms with Gasteiger partial charge in [-0.15, -0.1) is 11.3 Å². The molecule has 1 aromatic carbocycles. The van der Waals surface area contributed by atoms with Gasteiger partial charge in [0.2, 0.25) is 10.0 Å². The Morgan fingerprint density at radius 3 is 2.41 bits per heavy atom. The van der Waals surface area contributed by atoms with E-state index in [-0.39, 0.29) is 0 Å². The monoisotopic (exact) mass is 435 g/mol. The maximum absolute atomic E-state index is 13.2. The first kappa shape index (κ1) is 21.8. The number of likely N-dealkylation sites (N-methyl/N-ethyl adjacent to an activating group) is 1. The predicted molar refractivity (Wildman–Crippen MR) is 119 cm³/mol. The molecule has 2 aromatic rings. The minimum Gasteiger partial charge on any atom is -0.352 e. The zero-order valence-corrected chi connectivity index (χ0v) is 18.8. The Labute approximate surface area is 177 Å². The van der Waals surface area contributed by atoms with Crippen LogP contribution in [0.1, 0.15) is 15.3 Å². The number of guanidine groups is 1. The highest BCUT2D eigenvalue weighted by molar-refractivity contribution is 7.89. The number of rotatable bonds is 6. The molecule has 9 heteroatoms. The van der Waals surface area contributed by atoms with Crippen LogP contribution in [0.4, 0.5) is 0 Å². The number of nitrogens with zero attached hydrogens (tertiary/aromatic N) is 3. The van der Waals surface area contributed by atoms with Gasteiger partial charge < -0.3 is 15.5 Å². The summed E-state index contributed by atoms with van der Waals surface area (Å²) in [7, 11) is 0.207. The van der Waals surface area contributed by atoms with E-state index in [0.29, 0.717) is 37.0 Å². The smallest absolute Gasteiger partial charge is 0.243 e. The summed E-state index contributed by atoms with van der Waals surface area (Å²) in [5.74, 6) is 0.642. The Morgan fingerprint density at radius 2 is 1.76 bits per heavy atom. The second-order valence-electron chi connectivity index (χ2n) is 7.11. The Bertz CT molecular complexity index is 947. The molecule has 2 heterocycles. The van der Waals surface area contributed by atoms with Crippen molar-refractivity contribution >= 4 is 27.3 Å². The molecule has 0 saturated carbocycles. The van der Waals surface area contributed by atoms with Crippen LogP contribution in [0.15, 0.2) is 46.3 Å². The highest BCUT2D eigenvalue weighted by Crippen LogP contribution is 2.21. The quantitative estimate of drug-likeness (QED) is 0.535. The SMILES string of the molecule is CN=C(NCc1ccc(C)s1)NCc1ccccc1S(=O)(=O)N1CCN(C)CC1. The summed E-state index contributed by atoms with van der Waals surface area (Å²) in [6, 6.07) is 11.4. The minimum atomic E-state index is -3.52. The van der Waals surface area contributed by atoms with Crippen LogP contribution in [0.25, 0.3) is 0 Å². The van der Waals surface area contributed by atoms with E-state index in [9.17, 15) is 8.42 Å². The van der Waals surface area contributed by atoms with Crippen molar-refractivity contribution in [2.45, 2.75) is 24.9 Å². The number of hydrogen-bond donors (Lipinski definition) is 2. The second-order valence-corrected chi connectivity index (χ2v) is 10.4. The molecule has 29 heavy (non-hydrogen) atoms. The van der Waals surface area contributed by atoms with Crippen LogP contribution in [-0.2, 0) is 23.1 Å². The highest BCUT2D eigenvalue weighted by Gasteiger charge is 2.29. The molecular weight excluding hydrogens is 406 g/mol. The summed E-state index contributed by atoms with van der Waals surface area (Å²) in [4.78, 5) is 9.25. The molecule has 2 N–H and O–H groups in total. The van der Waals surface area contributed by atoms with Crippen molar-refractivity contribution in [3.63, 3.8) is 0 Å². The zero-order chi connectivity index (χ0) is 20.9. The summed E-state index contributed by atoms with van der Waals surface area (Å²) in [5.41, 5.74) is 0.737. The Hall–Kier alpha value is -1.94. The fraction of sp³-hybridized carbons (Fsp3) is 0.450. The summed E-state index contributed by atoms with van der Waals surface area (Å²) in [6.45, 7) is 5.68. The van der Waals surface area contributed by atoms with Crippen LogP contribution >= 0.6 is 11.3 Å². The van der Waals surface area contributed by atoms with Crippen molar-refractivity contribution in [2.24, 2.45) is 4.99 Å². The van der Waals surface area contributed by atoms with E-state index >= 15 is 0 Å². The van der Waals surface area contributed by atoms with Gasteiger partial charge in [-0.1, -0.05) is 18.2 Å². The number of aliphatic imine (C=N–C) groups is 1. The summed E-state index contributed by atoms with van der Waals surface area (Å²) < 4.78 is 27.9. The normalized spacial score (nSPS) is 16.7. The third kappa shape index (κ3) is 5.57. The van der Waals surface area contributed by atoms with Gasteiger partial charge in [0.15, 0.2) is 5.96 Å². The van der Waals surface area contributed by atoms with Crippen LogP contribution < -0.4 is 10.6 Å². The van der Waals surface area contributed by atoms with Gasteiger partial charge >= 0.3 is 0 Å². The van der Waals surface area contributed by atoms with Gasteiger partial charge in [-0.05, 0) is 37.7 Å². The fourth-order valence-electron chi connectivity index (χ4n) is 3.22. The van der Waals surface area contributed by atoms with Gasteiger partial charge in [-0.25, -0.2) is 8.42 Å². The molecule has 1 fully saturated rings. The molecule has 158 valence electrons. The number of nitrogens with one attached hydrogen (secondary N) is 2. The van der Waals surface area contributed by atoms with E-state index < -0.39 is 10.0 Å². The van der Waals surface area contributed by atoms with Crippen molar-refractivity contribution in [2.75, 3.05) is 40.3 Å². The maximum Gasteiger partial charge on any atom is 0.243 e. The third-order valence-electron chi connectivity index (χ3n) is 4.95. The van der Waals surface area contributed by atoms with Crippen LogP contribution in [0.5, 0.6) is 0 Å². The summed E-state index contributed by atoms with van der Waals surface area (Å²) in [6.07, 6.45) is 0. The van der Waals surface area contributed by atoms with E-state index in [2.05, 4.69) is 39.6 Å². The minimum absolute atomic E-state index is 0.362. The van der Waals surface area contributed by atoms with Crippen LogP contribution in [0, 0.1) is 6.92 Å². The van der Waals surface area contributed by atoms with Crippen molar-refractivity contribution in [3.05, 3.63) is 51.7 Å². The average Bonchev–Trinajstić information content (AvgIpc) is 3.14. The summed E-state index contributed by atoms with van der Waals surface area (Å²) in [5, 5.41) is 6.52. The second kappa shape index (κ2) is 9.71. The van der Waals surface area contributed by atoms with Crippen molar-refractivity contribution in [1.82, 2.24) is 19.8 Å². The number of thiophene rings is 1. The van der Waals surface area contributed by atoms with Gasteiger partial charge in [0.05, 0.1) is 11.4 Å². The molecular formula is C20H29N5O2S2. The van der Waals surface area contributed by atoms with Crippen molar-refractivity contribution < 1.29 is 8.42 Å². The maximum atomic E-state index is 13.2. The molecule has 3 rings (SSSR count). The molecule has 1 aliphatic rings. The van der Waals surface area contributed by atoms with E-state index in [4.69, 9.17) is 0 Å². The third-order valence-corrected chi connectivity index (χ3v) is 7.95. The molecule has 0 atom stereocenters. The zero-order valence-electron chi connectivity index (χ0n) is 17.2. The van der Waals surface area contributed by atoms with Gasteiger partial charge in [-0.2, -0.15) is 4.31 Å². The van der Waals surface area contributed by atoms with E-state index in [1.165, 1.54) is 9.75 Å².